The molecule has 0 aliphatic carbocycles. The summed E-state index contributed by atoms with van der Waals surface area (Å²) in [5, 5.41) is -5.60. The van der Waals surface area contributed by atoms with E-state index in [2.05, 4.69) is 11.3 Å². The van der Waals surface area contributed by atoms with E-state index in [1.54, 1.807) is 0 Å². The fourth-order valence-electron chi connectivity index (χ4n) is 1.94. The van der Waals surface area contributed by atoms with Gasteiger partial charge in [-0.3, -0.25) is 4.55 Å². The topological polar surface area (TPSA) is 116 Å². The molecule has 0 bridgehead atoms. The van der Waals surface area contributed by atoms with Crippen LogP contribution in [0.15, 0.2) is 12.2 Å². The number of cyclic esters (lactones) is 1. The van der Waals surface area contributed by atoms with Crippen LogP contribution in [0.1, 0.15) is 25.7 Å². The van der Waals surface area contributed by atoms with E-state index in [4.69, 9.17) is 14.0 Å². The minimum atomic E-state index is -6.25. The highest BCUT2D eigenvalue weighted by molar-refractivity contribution is 7.87. The zero-order chi connectivity index (χ0) is 20.9. The average molecular weight is 422 g/mol. The molecule has 1 unspecified atom stereocenters. The molecule has 0 saturated carbocycles. The Morgan fingerprint density at radius 1 is 1.30 bits per heavy atom. The van der Waals surface area contributed by atoms with Crippen molar-refractivity contribution in [2.45, 2.75) is 43.0 Å². The van der Waals surface area contributed by atoms with Crippen LogP contribution in [0.2, 0.25) is 0 Å². The van der Waals surface area contributed by atoms with Gasteiger partial charge in [0.1, 0.15) is 0 Å². The minimum absolute atomic E-state index is 0.126. The number of hydrogen-bond donors (Lipinski definition) is 1. The molecular weight excluding hydrogens is 404 g/mol. The summed E-state index contributed by atoms with van der Waals surface area (Å²) in [4.78, 5) is 22.8. The average Bonchev–Trinajstić information content (AvgIpc) is 2.94. The van der Waals surface area contributed by atoms with E-state index in [-0.39, 0.29) is 38.2 Å². The smallest absolute Gasteiger partial charge is 0.431 e. The summed E-state index contributed by atoms with van der Waals surface area (Å²) in [6.45, 7) is 2.93. The zero-order valence-electron chi connectivity index (χ0n) is 14.0. The first-order chi connectivity index (χ1) is 12.3. The van der Waals surface area contributed by atoms with Crippen LogP contribution >= 0.6 is 0 Å². The highest BCUT2D eigenvalue weighted by atomic mass is 32.2. The first-order valence-electron chi connectivity index (χ1n) is 7.65. The van der Waals surface area contributed by atoms with Crippen molar-refractivity contribution in [3.63, 3.8) is 0 Å². The van der Waals surface area contributed by atoms with Crippen LogP contribution in [-0.2, 0) is 33.9 Å². The standard InChI is InChI=1S/C14H18F4O8S/c1-9(11(19)26-10-4-7-25-12(10)20)8-24-6-3-2-5-13(15,16)14(17,18)27(21,22)23/h10H,1-8H2,(H,21,22,23). The Labute approximate surface area is 152 Å². The molecule has 1 atom stereocenters. The van der Waals surface area contributed by atoms with Gasteiger partial charge in [-0.25, -0.2) is 9.59 Å². The maximum absolute atomic E-state index is 13.2. The number of esters is 2. The van der Waals surface area contributed by atoms with E-state index in [0.29, 0.717) is 0 Å². The minimum Gasteiger partial charge on any atom is -0.463 e. The van der Waals surface area contributed by atoms with Crippen molar-refractivity contribution in [3.05, 3.63) is 12.2 Å². The van der Waals surface area contributed by atoms with Gasteiger partial charge < -0.3 is 14.2 Å². The summed E-state index contributed by atoms with van der Waals surface area (Å²) in [5.74, 6) is -6.54. The fourth-order valence-corrected chi connectivity index (χ4v) is 2.42. The largest absolute Gasteiger partial charge is 0.463 e. The molecule has 1 heterocycles. The Morgan fingerprint density at radius 3 is 2.44 bits per heavy atom. The van der Waals surface area contributed by atoms with Crippen LogP contribution in [0, 0.1) is 0 Å². The third-order valence-electron chi connectivity index (χ3n) is 3.48. The van der Waals surface area contributed by atoms with Gasteiger partial charge in [-0.1, -0.05) is 6.58 Å². The lowest BCUT2D eigenvalue weighted by Gasteiger charge is -2.23. The maximum Gasteiger partial charge on any atom is 0.431 e. The van der Waals surface area contributed by atoms with Crippen molar-refractivity contribution in [2.75, 3.05) is 19.8 Å². The first-order valence-corrected chi connectivity index (χ1v) is 9.09. The number of ether oxygens (including phenoxy) is 3. The van der Waals surface area contributed by atoms with Crippen molar-refractivity contribution >= 4 is 22.1 Å². The van der Waals surface area contributed by atoms with Gasteiger partial charge in [0.15, 0.2) is 0 Å². The van der Waals surface area contributed by atoms with E-state index in [1.807, 2.05) is 0 Å². The van der Waals surface area contributed by atoms with Gasteiger partial charge in [-0.05, 0) is 12.8 Å². The summed E-state index contributed by atoms with van der Waals surface area (Å²) in [5.41, 5.74) is -0.155. The molecule has 0 aromatic carbocycles. The molecule has 0 amide bonds. The summed E-state index contributed by atoms with van der Waals surface area (Å²) < 4.78 is 95.6. The molecule has 27 heavy (non-hydrogen) atoms. The van der Waals surface area contributed by atoms with Gasteiger partial charge in [0, 0.05) is 19.4 Å². The molecule has 0 aromatic heterocycles. The Morgan fingerprint density at radius 2 is 1.93 bits per heavy atom. The second kappa shape index (κ2) is 8.97. The second-order valence-corrected chi connectivity index (χ2v) is 7.12. The zero-order valence-corrected chi connectivity index (χ0v) is 14.8. The lowest BCUT2D eigenvalue weighted by Crippen LogP contribution is -2.46. The normalized spacial score (nSPS) is 18.3. The van der Waals surface area contributed by atoms with Crippen LogP contribution in [0.4, 0.5) is 17.6 Å². The van der Waals surface area contributed by atoms with E-state index in [9.17, 15) is 35.6 Å². The molecule has 1 rings (SSSR count). The monoisotopic (exact) mass is 422 g/mol. The summed E-state index contributed by atoms with van der Waals surface area (Å²) >= 11 is 0. The molecule has 156 valence electrons. The molecule has 13 heteroatoms. The van der Waals surface area contributed by atoms with E-state index in [0.717, 1.165) is 0 Å². The number of hydrogen-bond acceptors (Lipinski definition) is 7. The van der Waals surface area contributed by atoms with Crippen molar-refractivity contribution in [3.8, 4) is 0 Å². The second-order valence-electron chi connectivity index (χ2n) is 5.66. The first kappa shape index (κ1) is 23.3. The molecule has 0 spiro atoms. The number of unbranched alkanes of at least 4 members (excludes halogenated alkanes) is 1. The number of carbonyl (C=O) groups is 2. The Hall–Kier alpha value is -1.73. The summed E-state index contributed by atoms with van der Waals surface area (Å²) in [6, 6.07) is 0. The van der Waals surface area contributed by atoms with E-state index < -0.39 is 52.2 Å². The molecule has 1 saturated heterocycles. The Balaban J connectivity index is 2.27. The molecule has 8 nitrogen and oxygen atoms in total. The van der Waals surface area contributed by atoms with E-state index >= 15 is 0 Å². The van der Waals surface area contributed by atoms with Crippen LogP contribution in [0.5, 0.6) is 0 Å². The van der Waals surface area contributed by atoms with Gasteiger partial charge >= 0.3 is 33.2 Å². The predicted molar refractivity (Wildman–Crippen MR) is 80.7 cm³/mol. The van der Waals surface area contributed by atoms with Crippen molar-refractivity contribution in [1.29, 1.82) is 0 Å². The van der Waals surface area contributed by atoms with Crippen LogP contribution in [0.25, 0.3) is 0 Å². The van der Waals surface area contributed by atoms with Crippen molar-refractivity contribution < 1.29 is 54.3 Å². The van der Waals surface area contributed by atoms with Crippen molar-refractivity contribution in [1.82, 2.24) is 0 Å². The van der Waals surface area contributed by atoms with Crippen LogP contribution in [0.3, 0.4) is 0 Å². The number of carbonyl (C=O) groups excluding carboxylic acids is 2. The fraction of sp³-hybridized carbons (Fsp3) is 0.714. The third-order valence-corrected chi connectivity index (χ3v) is 4.43. The molecule has 1 fully saturated rings. The predicted octanol–water partition coefficient (Wildman–Crippen LogP) is 1.70. The van der Waals surface area contributed by atoms with Gasteiger partial charge in [0.25, 0.3) is 0 Å². The summed E-state index contributed by atoms with van der Waals surface area (Å²) in [7, 11) is -6.25. The molecule has 1 N–H and O–H groups in total. The lowest BCUT2D eigenvalue weighted by atomic mass is 10.1. The molecular formula is C14H18F4O8S. The van der Waals surface area contributed by atoms with Crippen molar-refractivity contribution in [2.24, 2.45) is 0 Å². The van der Waals surface area contributed by atoms with Gasteiger partial charge in [0.2, 0.25) is 6.10 Å². The highest BCUT2D eigenvalue weighted by Crippen LogP contribution is 2.41. The number of halogens is 4. The van der Waals surface area contributed by atoms with Crippen LogP contribution < -0.4 is 0 Å². The third kappa shape index (κ3) is 6.14. The quantitative estimate of drug-likeness (QED) is 0.176. The molecule has 1 aliphatic rings. The summed E-state index contributed by atoms with van der Waals surface area (Å²) in [6.07, 6.45) is -3.02. The highest BCUT2D eigenvalue weighted by Gasteiger charge is 2.64. The molecule has 0 radical (unpaired) electrons. The van der Waals surface area contributed by atoms with Gasteiger partial charge in [-0.2, -0.15) is 26.0 Å². The number of alkyl halides is 4. The van der Waals surface area contributed by atoms with Gasteiger partial charge in [0.05, 0.1) is 18.8 Å². The lowest BCUT2D eigenvalue weighted by molar-refractivity contribution is -0.165. The number of rotatable bonds is 11. The van der Waals surface area contributed by atoms with Gasteiger partial charge in [-0.15, -0.1) is 0 Å². The SMILES string of the molecule is C=C(COCCCCC(F)(F)C(F)(F)S(=O)(=O)O)C(=O)OC1CCOC1=O. The molecule has 1 aliphatic heterocycles. The Kier molecular flexibility index (Phi) is 7.75. The van der Waals surface area contributed by atoms with Crippen LogP contribution in [-0.4, -0.2) is 62.0 Å². The molecule has 0 aromatic rings. The van der Waals surface area contributed by atoms with E-state index in [1.165, 1.54) is 0 Å². The maximum atomic E-state index is 13.2. The Bertz CT molecular complexity index is 677.